The number of sulfone groups is 1. The highest BCUT2D eigenvalue weighted by atomic mass is 32.2. The third-order valence-electron chi connectivity index (χ3n) is 5.79. The second kappa shape index (κ2) is 8.85. The molecule has 0 unspecified atom stereocenters. The number of ether oxygens (including phenoxy) is 1. The Bertz CT molecular complexity index is 678. The summed E-state index contributed by atoms with van der Waals surface area (Å²) in [7, 11) is -1.55. The van der Waals surface area contributed by atoms with Gasteiger partial charge in [0.2, 0.25) is 15.0 Å². The summed E-state index contributed by atoms with van der Waals surface area (Å²) in [4.78, 5) is 6.72. The summed E-state index contributed by atoms with van der Waals surface area (Å²) >= 11 is 0. The lowest BCUT2D eigenvalue weighted by atomic mass is 9.89. The molecule has 0 bridgehead atoms. The molecule has 0 N–H and O–H groups in total. The maximum atomic E-state index is 12.2. The molecule has 3 rings (SSSR count). The van der Waals surface area contributed by atoms with Gasteiger partial charge in [0.25, 0.3) is 0 Å². The van der Waals surface area contributed by atoms with Crippen LogP contribution in [0.25, 0.3) is 0 Å². The van der Waals surface area contributed by atoms with E-state index in [1.165, 1.54) is 51.2 Å². The van der Waals surface area contributed by atoms with Crippen LogP contribution in [0, 0.1) is 11.8 Å². The first-order chi connectivity index (χ1) is 12.5. The highest BCUT2D eigenvalue weighted by molar-refractivity contribution is 7.90. The van der Waals surface area contributed by atoms with Crippen LogP contribution < -0.4 is 0 Å². The SMILES string of the molecule is COC[C@H]1CCCN(Cc2cnc(S(C)(=O)=O)n2CC2CCCCC2)C1. The topological polar surface area (TPSA) is 64.4 Å². The van der Waals surface area contributed by atoms with Crippen molar-refractivity contribution >= 4 is 9.84 Å². The highest BCUT2D eigenvalue weighted by Crippen LogP contribution is 2.27. The molecule has 26 heavy (non-hydrogen) atoms. The summed E-state index contributed by atoms with van der Waals surface area (Å²) in [5.41, 5.74) is 1.04. The molecule has 1 aromatic heterocycles. The molecule has 7 heteroatoms. The fraction of sp³-hybridized carbons (Fsp3) is 0.842. The molecule has 148 valence electrons. The van der Waals surface area contributed by atoms with Crippen molar-refractivity contribution in [3.05, 3.63) is 11.9 Å². The quantitative estimate of drug-likeness (QED) is 0.724. The Hall–Kier alpha value is -0.920. The molecule has 0 spiro atoms. The molecule has 1 atom stereocenters. The zero-order valence-electron chi connectivity index (χ0n) is 16.2. The number of likely N-dealkylation sites (tertiary alicyclic amines) is 1. The molecule has 1 aromatic rings. The average Bonchev–Trinajstić information content (AvgIpc) is 2.99. The van der Waals surface area contributed by atoms with Crippen molar-refractivity contribution in [1.82, 2.24) is 14.5 Å². The molecule has 0 radical (unpaired) electrons. The monoisotopic (exact) mass is 383 g/mol. The highest BCUT2D eigenvalue weighted by Gasteiger charge is 2.25. The fourth-order valence-corrected chi connectivity index (χ4v) is 5.37. The number of aromatic nitrogens is 2. The average molecular weight is 384 g/mol. The van der Waals surface area contributed by atoms with Gasteiger partial charge in [0.1, 0.15) is 0 Å². The van der Waals surface area contributed by atoms with E-state index >= 15 is 0 Å². The zero-order chi connectivity index (χ0) is 18.6. The van der Waals surface area contributed by atoms with Crippen molar-refractivity contribution in [2.24, 2.45) is 11.8 Å². The summed E-state index contributed by atoms with van der Waals surface area (Å²) in [6, 6.07) is 0. The first-order valence-corrected chi connectivity index (χ1v) is 11.8. The van der Waals surface area contributed by atoms with Crippen LogP contribution in [-0.2, 0) is 27.7 Å². The number of rotatable bonds is 7. The van der Waals surface area contributed by atoms with Gasteiger partial charge in [-0.3, -0.25) is 4.90 Å². The third kappa shape index (κ3) is 5.08. The number of nitrogens with zero attached hydrogens (tertiary/aromatic N) is 3. The van der Waals surface area contributed by atoms with Gasteiger partial charge < -0.3 is 9.30 Å². The molecular weight excluding hydrogens is 350 g/mol. The van der Waals surface area contributed by atoms with Crippen LogP contribution in [0.3, 0.4) is 0 Å². The maximum absolute atomic E-state index is 12.2. The van der Waals surface area contributed by atoms with E-state index in [4.69, 9.17) is 4.74 Å². The first-order valence-electron chi connectivity index (χ1n) is 9.93. The molecule has 1 saturated carbocycles. The molecule has 0 amide bonds. The van der Waals surface area contributed by atoms with Gasteiger partial charge in [0.15, 0.2) is 0 Å². The van der Waals surface area contributed by atoms with E-state index in [0.29, 0.717) is 11.8 Å². The summed E-state index contributed by atoms with van der Waals surface area (Å²) in [6.45, 7) is 4.43. The second-order valence-corrected chi connectivity index (χ2v) is 10.0. The van der Waals surface area contributed by atoms with Gasteiger partial charge >= 0.3 is 0 Å². The predicted octanol–water partition coefficient (Wildman–Crippen LogP) is 2.73. The number of piperidine rings is 1. The largest absolute Gasteiger partial charge is 0.384 e. The molecule has 0 aromatic carbocycles. The van der Waals surface area contributed by atoms with E-state index in [1.807, 2.05) is 4.57 Å². The maximum Gasteiger partial charge on any atom is 0.227 e. The van der Waals surface area contributed by atoms with Crippen molar-refractivity contribution in [1.29, 1.82) is 0 Å². The van der Waals surface area contributed by atoms with Gasteiger partial charge in [-0.25, -0.2) is 13.4 Å². The normalized spacial score (nSPS) is 23.4. The minimum absolute atomic E-state index is 0.239. The lowest BCUT2D eigenvalue weighted by molar-refractivity contribution is 0.0859. The van der Waals surface area contributed by atoms with Crippen LogP contribution in [0.15, 0.2) is 11.4 Å². The summed E-state index contributed by atoms with van der Waals surface area (Å²) in [6.07, 6.45) is 11.6. The minimum Gasteiger partial charge on any atom is -0.384 e. The van der Waals surface area contributed by atoms with E-state index in [2.05, 4.69) is 9.88 Å². The molecular formula is C19H33N3O3S. The molecule has 2 fully saturated rings. The Morgan fingerprint density at radius 3 is 2.58 bits per heavy atom. The molecule has 1 aliphatic heterocycles. The van der Waals surface area contributed by atoms with Crippen LogP contribution in [-0.4, -0.2) is 55.9 Å². The lowest BCUT2D eigenvalue weighted by Crippen LogP contribution is -2.37. The molecule has 1 aliphatic carbocycles. The fourth-order valence-electron chi connectivity index (χ4n) is 4.53. The Morgan fingerprint density at radius 2 is 1.88 bits per heavy atom. The van der Waals surface area contributed by atoms with E-state index in [-0.39, 0.29) is 5.16 Å². The molecule has 2 aliphatic rings. The number of hydrogen-bond donors (Lipinski definition) is 0. The smallest absolute Gasteiger partial charge is 0.227 e. The Kier molecular flexibility index (Phi) is 6.75. The lowest BCUT2D eigenvalue weighted by Gasteiger charge is -2.32. The first kappa shape index (κ1) is 19.8. The second-order valence-electron chi connectivity index (χ2n) is 8.12. The summed E-state index contributed by atoms with van der Waals surface area (Å²) in [5.74, 6) is 1.14. The Morgan fingerprint density at radius 1 is 1.15 bits per heavy atom. The van der Waals surface area contributed by atoms with Crippen LogP contribution >= 0.6 is 0 Å². The van der Waals surface area contributed by atoms with Gasteiger partial charge in [-0.15, -0.1) is 0 Å². The van der Waals surface area contributed by atoms with Gasteiger partial charge in [-0.05, 0) is 44.1 Å². The van der Waals surface area contributed by atoms with Crippen molar-refractivity contribution < 1.29 is 13.2 Å². The molecule has 2 heterocycles. The van der Waals surface area contributed by atoms with Gasteiger partial charge in [0, 0.05) is 33.0 Å². The standard InChI is InChI=1S/C19H33N3O3S/c1-25-15-17-9-6-10-21(12-17)14-18-11-20-19(26(2,23)24)22(18)13-16-7-4-3-5-8-16/h11,16-17H,3-10,12-15H2,1-2H3/t17-/m0/s1. The van der Waals surface area contributed by atoms with Crippen molar-refractivity contribution in [2.45, 2.75) is 63.2 Å². The number of hydrogen-bond acceptors (Lipinski definition) is 5. The number of imidazole rings is 1. The van der Waals surface area contributed by atoms with Crippen LogP contribution in [0.5, 0.6) is 0 Å². The van der Waals surface area contributed by atoms with Crippen LogP contribution in [0.1, 0.15) is 50.6 Å². The van der Waals surface area contributed by atoms with E-state index in [0.717, 1.165) is 38.5 Å². The van der Waals surface area contributed by atoms with Crippen molar-refractivity contribution in [2.75, 3.05) is 33.1 Å². The van der Waals surface area contributed by atoms with Gasteiger partial charge in [0.05, 0.1) is 18.5 Å². The summed E-state index contributed by atoms with van der Waals surface area (Å²) in [5, 5.41) is 0.239. The Balaban J connectivity index is 1.76. The Labute approximate surface area is 157 Å². The van der Waals surface area contributed by atoms with E-state index in [9.17, 15) is 8.42 Å². The van der Waals surface area contributed by atoms with Crippen molar-refractivity contribution in [3.8, 4) is 0 Å². The van der Waals surface area contributed by atoms with Gasteiger partial charge in [-0.2, -0.15) is 0 Å². The van der Waals surface area contributed by atoms with E-state index in [1.54, 1.807) is 13.3 Å². The van der Waals surface area contributed by atoms with Crippen molar-refractivity contribution in [3.63, 3.8) is 0 Å². The molecule has 6 nitrogen and oxygen atoms in total. The molecule has 1 saturated heterocycles. The van der Waals surface area contributed by atoms with Gasteiger partial charge in [-0.1, -0.05) is 19.3 Å². The van der Waals surface area contributed by atoms with Crippen LogP contribution in [0.4, 0.5) is 0 Å². The minimum atomic E-state index is -3.31. The zero-order valence-corrected chi connectivity index (χ0v) is 17.0. The third-order valence-corrected chi connectivity index (χ3v) is 6.78. The number of methoxy groups -OCH3 is 1. The van der Waals surface area contributed by atoms with E-state index < -0.39 is 9.84 Å². The predicted molar refractivity (Wildman–Crippen MR) is 102 cm³/mol. The summed E-state index contributed by atoms with van der Waals surface area (Å²) < 4.78 is 31.8. The van der Waals surface area contributed by atoms with Crippen LogP contribution in [0.2, 0.25) is 0 Å².